The van der Waals surface area contributed by atoms with Gasteiger partial charge >= 0.3 is 0 Å². The first-order valence-corrected chi connectivity index (χ1v) is 11.0. The number of amidine groups is 1. The number of piperazine rings is 1. The monoisotopic (exact) mass is 431 g/mol. The molecule has 1 aliphatic heterocycles. The Morgan fingerprint density at radius 2 is 1.91 bits per heavy atom. The van der Waals surface area contributed by atoms with E-state index >= 15 is 0 Å². The Bertz CT molecular complexity index is 1190. The van der Waals surface area contributed by atoms with Gasteiger partial charge in [-0.2, -0.15) is 0 Å². The van der Waals surface area contributed by atoms with Crippen LogP contribution in [-0.2, 0) is 13.0 Å². The molecule has 1 saturated heterocycles. The van der Waals surface area contributed by atoms with Crippen molar-refractivity contribution in [2.75, 3.05) is 31.1 Å². The molecule has 3 aromatic rings. The van der Waals surface area contributed by atoms with Gasteiger partial charge in [0, 0.05) is 56.2 Å². The minimum atomic E-state index is -0.0616. The molecule has 8 heteroatoms. The SMILES string of the molecule is CC(C)Cc1ccc(C(=N)N=N)c(N2CCN(Cc3cc(=O)n4ccccc4n3)CC2)c1. The number of aromatic nitrogens is 2. The van der Waals surface area contributed by atoms with E-state index in [-0.39, 0.29) is 11.4 Å². The molecular formula is C24H29N7O. The van der Waals surface area contributed by atoms with Crippen LogP contribution in [0.25, 0.3) is 5.65 Å². The van der Waals surface area contributed by atoms with Crippen LogP contribution < -0.4 is 10.5 Å². The molecule has 0 amide bonds. The molecule has 1 aromatic carbocycles. The van der Waals surface area contributed by atoms with Gasteiger partial charge in [0.15, 0.2) is 5.84 Å². The number of rotatable bonds is 6. The van der Waals surface area contributed by atoms with Crippen LogP contribution in [-0.4, -0.2) is 46.3 Å². The average Bonchev–Trinajstić information content (AvgIpc) is 2.79. The van der Waals surface area contributed by atoms with Gasteiger partial charge in [-0.1, -0.05) is 26.0 Å². The maximum atomic E-state index is 12.4. The molecule has 0 unspecified atom stereocenters. The predicted octanol–water partition coefficient (Wildman–Crippen LogP) is 3.57. The van der Waals surface area contributed by atoms with Crippen molar-refractivity contribution < 1.29 is 0 Å². The van der Waals surface area contributed by atoms with Crippen LogP contribution in [0, 0.1) is 16.9 Å². The Hall–Kier alpha value is -3.39. The Morgan fingerprint density at radius 1 is 1.12 bits per heavy atom. The lowest BCUT2D eigenvalue weighted by Crippen LogP contribution is -2.46. The van der Waals surface area contributed by atoms with Gasteiger partial charge in [-0.3, -0.25) is 19.5 Å². The Balaban J connectivity index is 1.49. The zero-order valence-electron chi connectivity index (χ0n) is 18.6. The molecule has 0 atom stereocenters. The van der Waals surface area contributed by atoms with E-state index in [4.69, 9.17) is 10.9 Å². The second-order valence-corrected chi connectivity index (χ2v) is 8.69. The van der Waals surface area contributed by atoms with Crippen LogP contribution >= 0.6 is 0 Å². The highest BCUT2D eigenvalue weighted by molar-refractivity contribution is 6.01. The third kappa shape index (κ3) is 4.75. The third-order valence-electron chi connectivity index (χ3n) is 5.80. The number of pyridine rings is 1. The largest absolute Gasteiger partial charge is 0.368 e. The Morgan fingerprint density at radius 3 is 2.62 bits per heavy atom. The first-order valence-electron chi connectivity index (χ1n) is 11.0. The highest BCUT2D eigenvalue weighted by Gasteiger charge is 2.22. The van der Waals surface area contributed by atoms with Crippen molar-refractivity contribution in [3.8, 4) is 0 Å². The van der Waals surface area contributed by atoms with Crippen molar-refractivity contribution in [1.29, 1.82) is 10.9 Å². The Kier molecular flexibility index (Phi) is 6.41. The van der Waals surface area contributed by atoms with Crippen molar-refractivity contribution in [2.45, 2.75) is 26.8 Å². The summed E-state index contributed by atoms with van der Waals surface area (Å²) in [6.45, 7) is 8.28. The molecule has 0 aliphatic carbocycles. The molecule has 8 nitrogen and oxygen atoms in total. The summed E-state index contributed by atoms with van der Waals surface area (Å²) in [5, 5.41) is 11.5. The van der Waals surface area contributed by atoms with Gasteiger partial charge < -0.3 is 4.90 Å². The molecule has 4 rings (SSSR count). The summed E-state index contributed by atoms with van der Waals surface area (Å²) in [5.41, 5.74) is 11.6. The normalized spacial score (nSPS) is 14.8. The first-order chi connectivity index (χ1) is 15.4. The van der Waals surface area contributed by atoms with E-state index < -0.39 is 0 Å². The molecule has 3 heterocycles. The van der Waals surface area contributed by atoms with Crippen molar-refractivity contribution in [3.05, 3.63) is 75.8 Å². The van der Waals surface area contributed by atoms with E-state index in [9.17, 15) is 4.79 Å². The third-order valence-corrected chi connectivity index (χ3v) is 5.80. The summed E-state index contributed by atoms with van der Waals surface area (Å²) in [6, 6.07) is 13.3. The van der Waals surface area contributed by atoms with Gasteiger partial charge in [0.25, 0.3) is 5.56 Å². The van der Waals surface area contributed by atoms with E-state index in [1.54, 1.807) is 16.7 Å². The second-order valence-electron chi connectivity index (χ2n) is 8.69. The van der Waals surface area contributed by atoms with E-state index in [0.29, 0.717) is 23.7 Å². The minimum Gasteiger partial charge on any atom is -0.368 e. The second kappa shape index (κ2) is 9.40. The molecule has 2 N–H and O–H groups in total. The number of benzene rings is 1. The van der Waals surface area contributed by atoms with Crippen molar-refractivity contribution in [2.24, 2.45) is 11.0 Å². The van der Waals surface area contributed by atoms with Gasteiger partial charge in [0.05, 0.1) is 5.69 Å². The number of nitrogens with one attached hydrogen (secondary N) is 2. The molecule has 2 aromatic heterocycles. The van der Waals surface area contributed by atoms with Crippen molar-refractivity contribution in [3.63, 3.8) is 0 Å². The molecule has 0 spiro atoms. The molecule has 0 bridgehead atoms. The lowest BCUT2D eigenvalue weighted by Gasteiger charge is -2.37. The summed E-state index contributed by atoms with van der Waals surface area (Å²) in [4.78, 5) is 21.6. The predicted molar refractivity (Wildman–Crippen MR) is 126 cm³/mol. The number of anilines is 1. The van der Waals surface area contributed by atoms with Crippen LogP contribution in [0.5, 0.6) is 0 Å². The number of hydrogen-bond acceptors (Lipinski definition) is 6. The standard InChI is InChI=1S/C24H29N7O/c1-17(2)13-18-6-7-20(24(25)28-26)21(14-18)30-11-9-29(10-12-30)16-19-15-23(32)31-8-4-3-5-22(31)27-19/h3-8,14-15,17,25-26H,9-13,16H2,1-2H3. The zero-order valence-corrected chi connectivity index (χ0v) is 18.6. The van der Waals surface area contributed by atoms with E-state index in [2.05, 4.69) is 39.8 Å². The van der Waals surface area contributed by atoms with Gasteiger partial charge in [-0.25, -0.2) is 10.5 Å². The summed E-state index contributed by atoms with van der Waals surface area (Å²) >= 11 is 0. The highest BCUT2D eigenvalue weighted by atomic mass is 16.1. The van der Waals surface area contributed by atoms with E-state index in [1.165, 1.54) is 5.56 Å². The molecule has 1 aliphatic rings. The lowest BCUT2D eigenvalue weighted by molar-refractivity contribution is 0.247. The molecule has 0 radical (unpaired) electrons. The quantitative estimate of drug-likeness (QED) is 0.354. The lowest BCUT2D eigenvalue weighted by atomic mass is 9.99. The zero-order chi connectivity index (χ0) is 22.7. The topological polar surface area (TPSA) is 101 Å². The first kappa shape index (κ1) is 21.8. The number of nitrogens with zero attached hydrogens (tertiary/aromatic N) is 5. The average molecular weight is 432 g/mol. The van der Waals surface area contributed by atoms with E-state index in [1.807, 2.05) is 30.3 Å². The molecule has 1 fully saturated rings. The number of hydrogen-bond donors (Lipinski definition) is 2. The summed E-state index contributed by atoms with van der Waals surface area (Å²) in [6.07, 6.45) is 2.71. The van der Waals surface area contributed by atoms with Crippen LogP contribution in [0.4, 0.5) is 5.69 Å². The maximum absolute atomic E-state index is 12.4. The van der Waals surface area contributed by atoms with Gasteiger partial charge in [-0.15, -0.1) is 5.11 Å². The molecule has 32 heavy (non-hydrogen) atoms. The van der Waals surface area contributed by atoms with Gasteiger partial charge in [0.1, 0.15) is 5.65 Å². The smallest absolute Gasteiger partial charge is 0.258 e. The summed E-state index contributed by atoms with van der Waals surface area (Å²) < 4.78 is 1.55. The van der Waals surface area contributed by atoms with Crippen LogP contribution in [0.15, 0.2) is 58.6 Å². The summed E-state index contributed by atoms with van der Waals surface area (Å²) in [5.74, 6) is 0.531. The van der Waals surface area contributed by atoms with Gasteiger partial charge in [0.2, 0.25) is 0 Å². The fourth-order valence-electron chi connectivity index (χ4n) is 4.26. The van der Waals surface area contributed by atoms with Crippen LogP contribution in [0.1, 0.15) is 30.7 Å². The highest BCUT2D eigenvalue weighted by Crippen LogP contribution is 2.26. The Labute approximate surface area is 187 Å². The summed E-state index contributed by atoms with van der Waals surface area (Å²) in [7, 11) is 0. The number of fused-ring (bicyclic) bond motifs is 1. The fraction of sp³-hybridized carbons (Fsp3) is 0.375. The molecular weight excluding hydrogens is 402 g/mol. The molecule has 166 valence electrons. The van der Waals surface area contributed by atoms with Crippen LogP contribution in [0.2, 0.25) is 0 Å². The maximum Gasteiger partial charge on any atom is 0.258 e. The van der Waals surface area contributed by atoms with Crippen molar-refractivity contribution in [1.82, 2.24) is 14.3 Å². The van der Waals surface area contributed by atoms with E-state index in [0.717, 1.165) is 44.0 Å². The van der Waals surface area contributed by atoms with Gasteiger partial charge in [-0.05, 0) is 42.2 Å². The fourth-order valence-corrected chi connectivity index (χ4v) is 4.26. The van der Waals surface area contributed by atoms with Crippen LogP contribution in [0.3, 0.4) is 0 Å². The minimum absolute atomic E-state index is 0.0145. The van der Waals surface area contributed by atoms with Crippen molar-refractivity contribution >= 4 is 17.2 Å². The molecule has 0 saturated carbocycles.